The lowest BCUT2D eigenvalue weighted by atomic mass is 10.2. The summed E-state index contributed by atoms with van der Waals surface area (Å²) in [5.74, 6) is 1.68. The number of fused-ring (bicyclic) bond motifs is 1. The molecule has 5 heteroatoms. The van der Waals surface area contributed by atoms with Gasteiger partial charge in [-0.1, -0.05) is 13.3 Å². The average molecular weight is 267 g/mol. The van der Waals surface area contributed by atoms with E-state index in [9.17, 15) is 0 Å². The molecule has 0 radical (unpaired) electrons. The van der Waals surface area contributed by atoms with Crippen LogP contribution in [0, 0.1) is 0 Å². The van der Waals surface area contributed by atoms with Crippen molar-refractivity contribution in [3.63, 3.8) is 0 Å². The van der Waals surface area contributed by atoms with Gasteiger partial charge in [0.1, 0.15) is 11.5 Å². The molecule has 3 heterocycles. The number of aromatic nitrogens is 4. The molecule has 20 heavy (non-hydrogen) atoms. The molecule has 3 aromatic heterocycles. The second kappa shape index (κ2) is 5.69. The fourth-order valence-electron chi connectivity index (χ4n) is 2.14. The Balaban J connectivity index is 2.08. The molecule has 0 aliphatic rings. The fourth-order valence-corrected chi connectivity index (χ4v) is 2.14. The summed E-state index contributed by atoms with van der Waals surface area (Å²) in [5.41, 5.74) is 1.89. The first-order chi connectivity index (χ1) is 9.90. The monoisotopic (exact) mass is 267 g/mol. The first-order valence-electron chi connectivity index (χ1n) is 6.87. The molecular weight excluding hydrogens is 250 g/mol. The van der Waals surface area contributed by atoms with Crippen molar-refractivity contribution >= 4 is 11.6 Å². The Morgan fingerprint density at radius 2 is 2.20 bits per heavy atom. The Kier molecular flexibility index (Phi) is 3.58. The van der Waals surface area contributed by atoms with Gasteiger partial charge in [-0.2, -0.15) is 0 Å². The summed E-state index contributed by atoms with van der Waals surface area (Å²) in [5, 5.41) is 3.47. The van der Waals surface area contributed by atoms with Gasteiger partial charge in [-0.05, 0) is 24.6 Å². The van der Waals surface area contributed by atoms with Crippen LogP contribution >= 0.6 is 0 Å². The van der Waals surface area contributed by atoms with Crippen molar-refractivity contribution in [2.24, 2.45) is 0 Å². The minimum Gasteiger partial charge on any atom is -0.369 e. The summed E-state index contributed by atoms with van der Waals surface area (Å²) in [4.78, 5) is 13.1. The van der Waals surface area contributed by atoms with Crippen LogP contribution in [0.3, 0.4) is 0 Å². The molecule has 3 rings (SSSR count). The van der Waals surface area contributed by atoms with E-state index in [1.54, 1.807) is 12.4 Å². The van der Waals surface area contributed by atoms with E-state index in [0.717, 1.165) is 36.5 Å². The summed E-state index contributed by atoms with van der Waals surface area (Å²) < 4.78 is 1.98. The van der Waals surface area contributed by atoms with Gasteiger partial charge in [-0.15, -0.1) is 0 Å². The van der Waals surface area contributed by atoms with E-state index < -0.39 is 0 Å². The summed E-state index contributed by atoms with van der Waals surface area (Å²) in [6.07, 6.45) is 9.60. The predicted molar refractivity (Wildman–Crippen MR) is 79.6 cm³/mol. The average Bonchev–Trinajstić information content (AvgIpc) is 2.87. The van der Waals surface area contributed by atoms with Gasteiger partial charge >= 0.3 is 0 Å². The Hall–Kier alpha value is -2.43. The highest BCUT2D eigenvalue weighted by Crippen LogP contribution is 2.27. The van der Waals surface area contributed by atoms with Crippen LogP contribution in [0.15, 0.2) is 43.0 Å². The minimum absolute atomic E-state index is 0.699. The molecule has 0 unspecified atom stereocenters. The molecule has 0 amide bonds. The molecule has 0 saturated carbocycles. The van der Waals surface area contributed by atoms with Crippen LogP contribution in [0.5, 0.6) is 0 Å². The maximum atomic E-state index is 4.61. The molecule has 102 valence electrons. The second-order valence-electron chi connectivity index (χ2n) is 4.62. The molecule has 5 nitrogen and oxygen atoms in total. The smallest absolute Gasteiger partial charge is 0.235 e. The molecule has 0 fully saturated rings. The van der Waals surface area contributed by atoms with Crippen LogP contribution in [0.2, 0.25) is 0 Å². The van der Waals surface area contributed by atoms with Gasteiger partial charge in [0, 0.05) is 36.9 Å². The van der Waals surface area contributed by atoms with Crippen molar-refractivity contribution in [1.82, 2.24) is 19.4 Å². The van der Waals surface area contributed by atoms with E-state index >= 15 is 0 Å². The van der Waals surface area contributed by atoms with Crippen molar-refractivity contribution in [2.75, 3.05) is 11.9 Å². The molecule has 0 bridgehead atoms. The van der Waals surface area contributed by atoms with Crippen molar-refractivity contribution in [3.05, 3.63) is 43.0 Å². The third-order valence-electron chi connectivity index (χ3n) is 3.16. The van der Waals surface area contributed by atoms with Gasteiger partial charge in [0.2, 0.25) is 5.78 Å². The van der Waals surface area contributed by atoms with Crippen LogP contribution in [0.25, 0.3) is 17.0 Å². The number of nitrogens with one attached hydrogen (secondary N) is 1. The highest BCUT2D eigenvalue weighted by Gasteiger charge is 2.13. The van der Waals surface area contributed by atoms with E-state index in [1.807, 2.05) is 35.0 Å². The molecule has 0 saturated heterocycles. The Labute approximate surface area is 117 Å². The fraction of sp³-hybridized carbons (Fsp3) is 0.267. The molecule has 0 atom stereocenters. The number of rotatable bonds is 5. The Bertz CT molecular complexity index is 690. The van der Waals surface area contributed by atoms with Crippen molar-refractivity contribution in [3.8, 4) is 11.3 Å². The topological polar surface area (TPSA) is 55.1 Å². The number of nitrogens with zero attached hydrogens (tertiary/aromatic N) is 4. The first-order valence-corrected chi connectivity index (χ1v) is 6.87. The Morgan fingerprint density at radius 1 is 1.25 bits per heavy atom. The number of unbranched alkanes of at least 4 members (excludes halogenated alkanes) is 1. The number of hydrogen-bond donors (Lipinski definition) is 1. The highest BCUT2D eigenvalue weighted by molar-refractivity contribution is 5.74. The predicted octanol–water partition coefficient (Wildman–Crippen LogP) is 3.00. The number of pyridine rings is 1. The summed E-state index contributed by atoms with van der Waals surface area (Å²) in [6, 6.07) is 5.84. The van der Waals surface area contributed by atoms with Gasteiger partial charge in [0.15, 0.2) is 0 Å². The lowest BCUT2D eigenvalue weighted by Crippen LogP contribution is -2.04. The highest BCUT2D eigenvalue weighted by atomic mass is 15.2. The minimum atomic E-state index is 0.699. The standard InChI is InChI=1S/C15H17N5/c1-2-3-8-17-14-13(12-6-4-7-16-11-12)19-15-18-9-5-10-20(14)15/h4-7,9-11,17H,2-3,8H2,1H3. The summed E-state index contributed by atoms with van der Waals surface area (Å²) >= 11 is 0. The lowest BCUT2D eigenvalue weighted by Gasteiger charge is -2.07. The quantitative estimate of drug-likeness (QED) is 0.722. The maximum Gasteiger partial charge on any atom is 0.235 e. The van der Waals surface area contributed by atoms with Crippen LogP contribution < -0.4 is 5.32 Å². The van der Waals surface area contributed by atoms with Gasteiger partial charge in [0.05, 0.1) is 0 Å². The van der Waals surface area contributed by atoms with Crippen LogP contribution in [0.1, 0.15) is 19.8 Å². The zero-order valence-electron chi connectivity index (χ0n) is 11.5. The van der Waals surface area contributed by atoms with Crippen LogP contribution in [0.4, 0.5) is 5.82 Å². The normalized spacial score (nSPS) is 10.8. The van der Waals surface area contributed by atoms with Gasteiger partial charge in [-0.25, -0.2) is 9.97 Å². The van der Waals surface area contributed by atoms with E-state index in [1.165, 1.54) is 0 Å². The van der Waals surface area contributed by atoms with Crippen molar-refractivity contribution in [2.45, 2.75) is 19.8 Å². The van der Waals surface area contributed by atoms with E-state index in [2.05, 4.69) is 27.2 Å². The maximum absolute atomic E-state index is 4.61. The number of anilines is 1. The summed E-state index contributed by atoms with van der Waals surface area (Å²) in [6.45, 7) is 3.10. The molecule has 0 aliphatic heterocycles. The molecule has 0 aliphatic carbocycles. The first kappa shape index (κ1) is 12.6. The third kappa shape index (κ3) is 2.34. The number of imidazole rings is 1. The van der Waals surface area contributed by atoms with Crippen molar-refractivity contribution < 1.29 is 0 Å². The van der Waals surface area contributed by atoms with Gasteiger partial charge < -0.3 is 5.32 Å². The molecule has 3 aromatic rings. The van der Waals surface area contributed by atoms with Gasteiger partial charge in [-0.3, -0.25) is 9.38 Å². The number of hydrogen-bond acceptors (Lipinski definition) is 4. The zero-order valence-corrected chi connectivity index (χ0v) is 11.5. The second-order valence-corrected chi connectivity index (χ2v) is 4.62. The lowest BCUT2D eigenvalue weighted by molar-refractivity contribution is 0.829. The van der Waals surface area contributed by atoms with Crippen molar-refractivity contribution in [1.29, 1.82) is 0 Å². The molecule has 1 N–H and O–H groups in total. The zero-order chi connectivity index (χ0) is 13.8. The van der Waals surface area contributed by atoms with E-state index in [-0.39, 0.29) is 0 Å². The SMILES string of the molecule is CCCCNc1c(-c2cccnc2)nc2ncccn12. The summed E-state index contributed by atoms with van der Waals surface area (Å²) in [7, 11) is 0. The molecule has 0 aromatic carbocycles. The van der Waals surface area contributed by atoms with Crippen LogP contribution in [-0.4, -0.2) is 25.9 Å². The van der Waals surface area contributed by atoms with Gasteiger partial charge in [0.25, 0.3) is 0 Å². The van der Waals surface area contributed by atoms with E-state index in [4.69, 9.17) is 0 Å². The third-order valence-corrected chi connectivity index (χ3v) is 3.16. The van der Waals surface area contributed by atoms with E-state index in [0.29, 0.717) is 5.78 Å². The van der Waals surface area contributed by atoms with Crippen LogP contribution in [-0.2, 0) is 0 Å². The molecular formula is C15H17N5. The largest absolute Gasteiger partial charge is 0.369 e. The molecule has 0 spiro atoms. The Morgan fingerprint density at radius 3 is 3.00 bits per heavy atom.